The third-order valence-corrected chi connectivity index (χ3v) is 5.94. The van der Waals surface area contributed by atoms with Crippen LogP contribution in [0.25, 0.3) is 10.2 Å². The van der Waals surface area contributed by atoms with Crippen LogP contribution < -0.4 is 5.32 Å². The van der Waals surface area contributed by atoms with E-state index in [2.05, 4.69) is 10.3 Å². The van der Waals surface area contributed by atoms with Gasteiger partial charge in [0.05, 0.1) is 10.6 Å². The van der Waals surface area contributed by atoms with Gasteiger partial charge in [-0.25, -0.2) is 9.97 Å². The summed E-state index contributed by atoms with van der Waals surface area (Å²) in [5, 5.41) is 4.70. The van der Waals surface area contributed by atoms with Crippen molar-refractivity contribution in [1.29, 1.82) is 0 Å². The molecule has 1 amide bonds. The number of aryl methyl sites for hydroxylation is 2. The molecule has 4 nitrogen and oxygen atoms in total. The van der Waals surface area contributed by atoms with Crippen LogP contribution in [-0.2, 0) is 6.54 Å². The zero-order chi connectivity index (χ0) is 17.6. The van der Waals surface area contributed by atoms with Crippen molar-refractivity contribution >= 4 is 39.1 Å². The number of benzene rings is 1. The highest BCUT2D eigenvalue weighted by molar-refractivity contribution is 7.20. The summed E-state index contributed by atoms with van der Waals surface area (Å²) in [6.45, 7) is 4.45. The van der Waals surface area contributed by atoms with Crippen LogP contribution in [0.1, 0.15) is 51.1 Å². The first-order chi connectivity index (χ1) is 12.0. The molecule has 1 aromatic carbocycles. The van der Waals surface area contributed by atoms with E-state index in [1.54, 1.807) is 0 Å². The minimum atomic E-state index is -0.0668. The SMILES string of the molecule is Cc1nc(C2CC2)nc2sc(C(=O)NCc3ccc(Cl)cc3)c(C)c12. The standard InChI is InChI=1S/C19H18ClN3OS/c1-10-15-11(2)22-17(13-5-6-13)23-19(15)25-16(10)18(24)21-9-12-3-7-14(20)8-4-12/h3-4,7-8,13H,5-6,9H2,1-2H3,(H,21,24). The van der Waals surface area contributed by atoms with Gasteiger partial charge in [0, 0.05) is 22.9 Å². The first-order valence-electron chi connectivity index (χ1n) is 8.33. The number of amides is 1. The van der Waals surface area contributed by atoms with E-state index in [4.69, 9.17) is 16.6 Å². The molecular formula is C19H18ClN3OS. The molecule has 2 heterocycles. The normalized spacial score (nSPS) is 14.0. The number of carbonyl (C=O) groups is 1. The molecule has 1 fully saturated rings. The van der Waals surface area contributed by atoms with Gasteiger partial charge in [-0.15, -0.1) is 11.3 Å². The molecule has 0 bridgehead atoms. The van der Waals surface area contributed by atoms with Crippen LogP contribution in [0.15, 0.2) is 24.3 Å². The molecule has 0 unspecified atom stereocenters. The van der Waals surface area contributed by atoms with Crippen molar-refractivity contribution in [1.82, 2.24) is 15.3 Å². The highest BCUT2D eigenvalue weighted by Crippen LogP contribution is 2.40. The number of rotatable bonds is 4. The summed E-state index contributed by atoms with van der Waals surface area (Å²) in [5.74, 6) is 1.37. The Labute approximate surface area is 155 Å². The van der Waals surface area contributed by atoms with Gasteiger partial charge in [0.2, 0.25) is 0 Å². The molecule has 1 N–H and O–H groups in total. The summed E-state index contributed by atoms with van der Waals surface area (Å²) in [6.07, 6.45) is 2.34. The van der Waals surface area contributed by atoms with Crippen LogP contribution in [0, 0.1) is 13.8 Å². The van der Waals surface area contributed by atoms with Gasteiger partial charge in [0.15, 0.2) is 0 Å². The average Bonchev–Trinajstić information content (AvgIpc) is 3.38. The van der Waals surface area contributed by atoms with Crippen molar-refractivity contribution in [3.8, 4) is 0 Å². The van der Waals surface area contributed by atoms with Gasteiger partial charge in [-0.1, -0.05) is 23.7 Å². The number of nitrogens with zero attached hydrogens (tertiary/aromatic N) is 2. The monoisotopic (exact) mass is 371 g/mol. The van der Waals surface area contributed by atoms with Gasteiger partial charge in [0.25, 0.3) is 5.91 Å². The maximum Gasteiger partial charge on any atom is 0.261 e. The second kappa shape index (κ2) is 6.39. The maximum atomic E-state index is 12.6. The Kier molecular flexibility index (Phi) is 4.21. The zero-order valence-corrected chi connectivity index (χ0v) is 15.7. The third kappa shape index (κ3) is 3.26. The molecule has 2 aromatic heterocycles. The van der Waals surface area contributed by atoms with E-state index >= 15 is 0 Å². The summed E-state index contributed by atoms with van der Waals surface area (Å²) in [6, 6.07) is 7.48. The number of thiophene rings is 1. The molecule has 6 heteroatoms. The zero-order valence-electron chi connectivity index (χ0n) is 14.1. The Morgan fingerprint density at radius 2 is 1.96 bits per heavy atom. The summed E-state index contributed by atoms with van der Waals surface area (Å²) >= 11 is 7.35. The summed E-state index contributed by atoms with van der Waals surface area (Å²) in [5.41, 5.74) is 2.95. The number of fused-ring (bicyclic) bond motifs is 1. The molecule has 0 radical (unpaired) electrons. The van der Waals surface area contributed by atoms with E-state index in [0.29, 0.717) is 22.4 Å². The maximum absolute atomic E-state index is 12.6. The fourth-order valence-corrected chi connectivity index (χ4v) is 4.25. The van der Waals surface area contributed by atoms with E-state index in [-0.39, 0.29) is 5.91 Å². The lowest BCUT2D eigenvalue weighted by molar-refractivity contribution is 0.0954. The molecular weight excluding hydrogens is 354 g/mol. The van der Waals surface area contributed by atoms with Crippen LogP contribution in [0.3, 0.4) is 0 Å². The fourth-order valence-electron chi connectivity index (χ4n) is 2.97. The predicted molar refractivity (Wildman–Crippen MR) is 101 cm³/mol. The Hall–Kier alpha value is -1.98. The molecule has 0 aliphatic heterocycles. The number of nitrogens with one attached hydrogen (secondary N) is 1. The quantitative estimate of drug-likeness (QED) is 0.718. The lowest BCUT2D eigenvalue weighted by Gasteiger charge is -2.05. The number of halogens is 1. The smallest absolute Gasteiger partial charge is 0.261 e. The van der Waals surface area contributed by atoms with Crippen LogP contribution in [0.4, 0.5) is 0 Å². The first-order valence-corrected chi connectivity index (χ1v) is 9.52. The second-order valence-electron chi connectivity index (χ2n) is 6.49. The highest BCUT2D eigenvalue weighted by atomic mass is 35.5. The largest absolute Gasteiger partial charge is 0.347 e. The first kappa shape index (κ1) is 16.5. The second-order valence-corrected chi connectivity index (χ2v) is 7.92. The summed E-state index contributed by atoms with van der Waals surface area (Å²) < 4.78 is 0. The molecule has 1 saturated carbocycles. The van der Waals surface area contributed by atoms with Crippen molar-refractivity contribution in [2.75, 3.05) is 0 Å². The van der Waals surface area contributed by atoms with Crippen molar-refractivity contribution in [2.45, 2.75) is 39.2 Å². The van der Waals surface area contributed by atoms with Gasteiger partial charge in [-0.2, -0.15) is 0 Å². The minimum absolute atomic E-state index is 0.0668. The predicted octanol–water partition coefficient (Wildman–Crippen LogP) is 4.77. The van der Waals surface area contributed by atoms with E-state index in [0.717, 1.165) is 32.9 Å². The molecule has 1 aliphatic rings. The summed E-state index contributed by atoms with van der Waals surface area (Å²) in [4.78, 5) is 23.6. The number of carbonyl (C=O) groups excluding carboxylic acids is 1. The molecule has 1 aliphatic carbocycles. The van der Waals surface area contributed by atoms with Crippen molar-refractivity contribution in [3.63, 3.8) is 0 Å². The van der Waals surface area contributed by atoms with E-state index in [1.807, 2.05) is 38.1 Å². The number of aromatic nitrogens is 2. The Balaban J connectivity index is 1.59. The fraction of sp³-hybridized carbons (Fsp3) is 0.316. The van der Waals surface area contributed by atoms with Crippen LogP contribution >= 0.6 is 22.9 Å². The van der Waals surface area contributed by atoms with Gasteiger partial charge < -0.3 is 5.32 Å². The minimum Gasteiger partial charge on any atom is -0.347 e. The lowest BCUT2D eigenvalue weighted by atomic mass is 10.1. The average molecular weight is 372 g/mol. The topological polar surface area (TPSA) is 54.9 Å². The molecule has 0 saturated heterocycles. The summed E-state index contributed by atoms with van der Waals surface area (Å²) in [7, 11) is 0. The van der Waals surface area contributed by atoms with Crippen molar-refractivity contribution in [2.24, 2.45) is 0 Å². The van der Waals surface area contributed by atoms with E-state index in [9.17, 15) is 4.79 Å². The van der Waals surface area contributed by atoms with E-state index < -0.39 is 0 Å². The molecule has 4 rings (SSSR count). The van der Waals surface area contributed by atoms with Crippen molar-refractivity contribution in [3.05, 3.63) is 56.8 Å². The Bertz CT molecular complexity index is 961. The van der Waals surface area contributed by atoms with Crippen molar-refractivity contribution < 1.29 is 4.79 Å². The highest BCUT2D eigenvalue weighted by Gasteiger charge is 2.28. The van der Waals surface area contributed by atoms with Gasteiger partial charge >= 0.3 is 0 Å². The molecule has 25 heavy (non-hydrogen) atoms. The molecule has 0 spiro atoms. The molecule has 128 valence electrons. The molecule has 3 aromatic rings. The van der Waals surface area contributed by atoms with Gasteiger partial charge in [0.1, 0.15) is 10.7 Å². The number of hydrogen-bond donors (Lipinski definition) is 1. The lowest BCUT2D eigenvalue weighted by Crippen LogP contribution is -2.22. The molecule has 0 atom stereocenters. The number of hydrogen-bond acceptors (Lipinski definition) is 4. The Morgan fingerprint density at radius 1 is 1.24 bits per heavy atom. The van der Waals surface area contributed by atoms with Gasteiger partial charge in [-0.05, 0) is 49.9 Å². The Morgan fingerprint density at radius 3 is 2.64 bits per heavy atom. The third-order valence-electron chi connectivity index (χ3n) is 4.50. The van der Waals surface area contributed by atoms with Crippen LogP contribution in [-0.4, -0.2) is 15.9 Å². The van der Waals surface area contributed by atoms with Crippen LogP contribution in [0.5, 0.6) is 0 Å². The van der Waals surface area contributed by atoms with Gasteiger partial charge in [-0.3, -0.25) is 4.79 Å². The van der Waals surface area contributed by atoms with Crippen LogP contribution in [0.2, 0.25) is 5.02 Å². The van der Waals surface area contributed by atoms with E-state index in [1.165, 1.54) is 24.2 Å².